The van der Waals surface area contributed by atoms with Crippen LogP contribution < -0.4 is 11.1 Å². The largest absolute Gasteiger partial charge is 0.376 e. The monoisotopic (exact) mass is 176 g/mol. The van der Waals surface area contributed by atoms with Crippen molar-refractivity contribution < 1.29 is 0 Å². The van der Waals surface area contributed by atoms with E-state index in [1.165, 1.54) is 12.8 Å². The van der Waals surface area contributed by atoms with E-state index in [0.29, 0.717) is 9.86 Å². The van der Waals surface area contributed by atoms with E-state index < -0.39 is 0 Å². The lowest BCUT2D eigenvalue weighted by Gasteiger charge is -2.11. The molecule has 1 aliphatic rings. The second-order valence-electron chi connectivity index (χ2n) is 2.60. The molecule has 3 N–H and O–H groups in total. The molecule has 1 fully saturated rings. The molecule has 0 aromatic rings. The number of hydrogen-bond donors (Lipinski definition) is 2. The van der Waals surface area contributed by atoms with Gasteiger partial charge in [0.05, 0.1) is 0 Å². The molecule has 0 atom stereocenters. The lowest BCUT2D eigenvalue weighted by molar-refractivity contribution is 0.820. The number of rotatable bonds is 3. The van der Waals surface area contributed by atoms with Crippen molar-refractivity contribution in [1.82, 2.24) is 5.32 Å². The summed E-state index contributed by atoms with van der Waals surface area (Å²) in [6.45, 7) is 0.934. The first-order valence-electron chi connectivity index (χ1n) is 3.27. The number of hydrogen-bond acceptors (Lipinski definition) is 2. The van der Waals surface area contributed by atoms with Crippen molar-refractivity contribution >= 4 is 29.1 Å². The Hall–Kier alpha value is 0.0400. The zero-order chi connectivity index (χ0) is 7.61. The first-order valence-corrected chi connectivity index (χ1v) is 4.90. The van der Waals surface area contributed by atoms with E-state index in [1.807, 2.05) is 11.8 Å². The fraction of sp³-hybridized carbons (Fsp3) is 0.833. The standard InChI is InChI=1S/C6H12N2S2/c1-10-6(2-3-6)4-8-5(7)9/h2-4H2,1H3,(H3,7,8,9). The number of nitrogens with two attached hydrogens (primary N) is 1. The molecule has 0 bridgehead atoms. The Morgan fingerprint density at radius 1 is 1.80 bits per heavy atom. The lowest BCUT2D eigenvalue weighted by atomic mass is 10.4. The van der Waals surface area contributed by atoms with E-state index in [0.717, 1.165) is 6.54 Å². The highest BCUT2D eigenvalue weighted by atomic mass is 32.2. The SMILES string of the molecule is CSC1(CNC(N)=S)CC1. The third-order valence-electron chi connectivity index (χ3n) is 1.83. The van der Waals surface area contributed by atoms with Gasteiger partial charge in [-0.2, -0.15) is 11.8 Å². The summed E-state index contributed by atoms with van der Waals surface area (Å²) < 4.78 is 0.462. The van der Waals surface area contributed by atoms with Crippen molar-refractivity contribution in [2.75, 3.05) is 12.8 Å². The van der Waals surface area contributed by atoms with Crippen LogP contribution in [-0.4, -0.2) is 22.7 Å². The van der Waals surface area contributed by atoms with E-state index in [-0.39, 0.29) is 0 Å². The van der Waals surface area contributed by atoms with E-state index in [4.69, 9.17) is 18.0 Å². The smallest absolute Gasteiger partial charge is 0.163 e. The quantitative estimate of drug-likeness (QED) is 0.621. The van der Waals surface area contributed by atoms with Gasteiger partial charge in [-0.1, -0.05) is 0 Å². The van der Waals surface area contributed by atoms with Gasteiger partial charge in [-0.15, -0.1) is 0 Å². The highest BCUT2D eigenvalue weighted by Crippen LogP contribution is 2.46. The molecule has 0 radical (unpaired) electrons. The summed E-state index contributed by atoms with van der Waals surface area (Å²) in [5, 5.41) is 3.40. The summed E-state index contributed by atoms with van der Waals surface area (Å²) in [7, 11) is 0. The highest BCUT2D eigenvalue weighted by Gasteiger charge is 2.41. The number of thioether (sulfide) groups is 1. The van der Waals surface area contributed by atoms with Crippen LogP contribution in [0.15, 0.2) is 0 Å². The van der Waals surface area contributed by atoms with Crippen molar-refractivity contribution in [3.8, 4) is 0 Å². The molecule has 4 heteroatoms. The Morgan fingerprint density at radius 3 is 2.70 bits per heavy atom. The van der Waals surface area contributed by atoms with E-state index in [1.54, 1.807) is 0 Å². The normalized spacial score (nSPS) is 20.1. The molecule has 0 aromatic heterocycles. The minimum absolute atomic E-state index is 0.417. The van der Waals surface area contributed by atoms with Crippen molar-refractivity contribution in [2.24, 2.45) is 5.73 Å². The average Bonchev–Trinajstić information content (AvgIpc) is 2.64. The van der Waals surface area contributed by atoms with Crippen molar-refractivity contribution in [3.63, 3.8) is 0 Å². The van der Waals surface area contributed by atoms with Gasteiger partial charge in [-0.05, 0) is 31.3 Å². The summed E-state index contributed by atoms with van der Waals surface area (Å²) >= 11 is 6.60. The van der Waals surface area contributed by atoms with Gasteiger partial charge in [-0.25, -0.2) is 0 Å². The first kappa shape index (κ1) is 8.14. The van der Waals surface area contributed by atoms with E-state index in [2.05, 4.69) is 11.6 Å². The summed E-state index contributed by atoms with van der Waals surface area (Å²) in [6, 6.07) is 0. The van der Waals surface area contributed by atoms with Crippen molar-refractivity contribution in [1.29, 1.82) is 0 Å². The summed E-state index contributed by atoms with van der Waals surface area (Å²) in [6.07, 6.45) is 4.72. The Kier molecular flexibility index (Phi) is 2.41. The first-order chi connectivity index (χ1) is 4.68. The highest BCUT2D eigenvalue weighted by molar-refractivity contribution is 8.00. The molecule has 0 saturated heterocycles. The summed E-state index contributed by atoms with van der Waals surface area (Å²) in [4.78, 5) is 0. The topological polar surface area (TPSA) is 38.0 Å². The molecule has 2 nitrogen and oxygen atoms in total. The maximum Gasteiger partial charge on any atom is 0.163 e. The van der Waals surface area contributed by atoms with E-state index in [9.17, 15) is 0 Å². The molecule has 0 unspecified atom stereocenters. The van der Waals surface area contributed by atoms with Gasteiger partial charge < -0.3 is 11.1 Å². The minimum Gasteiger partial charge on any atom is -0.376 e. The molecule has 0 spiro atoms. The Morgan fingerprint density at radius 2 is 2.40 bits per heavy atom. The van der Waals surface area contributed by atoms with Crippen LogP contribution in [0.3, 0.4) is 0 Å². The molecule has 0 aromatic carbocycles. The fourth-order valence-electron chi connectivity index (χ4n) is 0.841. The van der Waals surface area contributed by atoms with Gasteiger partial charge in [0.15, 0.2) is 5.11 Å². The molecule has 1 rings (SSSR count). The van der Waals surface area contributed by atoms with Crippen LogP contribution in [0.2, 0.25) is 0 Å². The molecular weight excluding hydrogens is 164 g/mol. The van der Waals surface area contributed by atoms with Crippen LogP contribution in [0.5, 0.6) is 0 Å². The van der Waals surface area contributed by atoms with Crippen LogP contribution in [-0.2, 0) is 0 Å². The third kappa shape index (κ3) is 2.02. The second-order valence-corrected chi connectivity index (χ2v) is 4.32. The lowest BCUT2D eigenvalue weighted by Crippen LogP contribution is -2.35. The molecule has 58 valence electrons. The molecule has 10 heavy (non-hydrogen) atoms. The van der Waals surface area contributed by atoms with Crippen LogP contribution in [0.4, 0.5) is 0 Å². The second kappa shape index (κ2) is 2.96. The average molecular weight is 176 g/mol. The Bertz CT molecular complexity index is 143. The molecule has 0 amide bonds. The van der Waals surface area contributed by atoms with Crippen LogP contribution >= 0.6 is 24.0 Å². The van der Waals surface area contributed by atoms with Gasteiger partial charge in [-0.3, -0.25) is 0 Å². The fourth-order valence-corrected chi connectivity index (χ4v) is 1.64. The van der Waals surface area contributed by atoms with Crippen molar-refractivity contribution in [2.45, 2.75) is 17.6 Å². The van der Waals surface area contributed by atoms with Crippen molar-refractivity contribution in [3.05, 3.63) is 0 Å². The Labute approximate surface area is 70.9 Å². The predicted octanol–water partition coefficient (Wildman–Crippen LogP) is 0.715. The third-order valence-corrected chi connectivity index (χ3v) is 3.39. The minimum atomic E-state index is 0.417. The van der Waals surface area contributed by atoms with Crippen LogP contribution in [0.1, 0.15) is 12.8 Å². The van der Waals surface area contributed by atoms with Gasteiger partial charge in [0.1, 0.15) is 0 Å². The molecular formula is C6H12N2S2. The zero-order valence-electron chi connectivity index (χ0n) is 6.02. The van der Waals surface area contributed by atoms with Gasteiger partial charge >= 0.3 is 0 Å². The maximum absolute atomic E-state index is 5.29. The molecule has 1 aliphatic carbocycles. The van der Waals surface area contributed by atoms with Gasteiger partial charge in [0.2, 0.25) is 0 Å². The molecule has 0 heterocycles. The number of thiocarbonyl (C=S) groups is 1. The molecule has 1 saturated carbocycles. The van der Waals surface area contributed by atoms with Crippen LogP contribution in [0.25, 0.3) is 0 Å². The zero-order valence-corrected chi connectivity index (χ0v) is 7.65. The van der Waals surface area contributed by atoms with Gasteiger partial charge in [0, 0.05) is 11.3 Å². The van der Waals surface area contributed by atoms with Gasteiger partial charge in [0.25, 0.3) is 0 Å². The molecule has 0 aliphatic heterocycles. The van der Waals surface area contributed by atoms with Crippen LogP contribution in [0, 0.1) is 0 Å². The summed E-state index contributed by atoms with van der Waals surface area (Å²) in [5.41, 5.74) is 5.29. The Balaban J connectivity index is 2.19. The number of nitrogens with one attached hydrogen (secondary N) is 1. The summed E-state index contributed by atoms with van der Waals surface area (Å²) in [5.74, 6) is 0. The maximum atomic E-state index is 5.29. The van der Waals surface area contributed by atoms with E-state index >= 15 is 0 Å². The predicted molar refractivity (Wildman–Crippen MR) is 50.3 cm³/mol.